The quantitative estimate of drug-likeness (QED) is 0.793. The van der Waals surface area contributed by atoms with E-state index in [1.165, 1.54) is 6.42 Å². The smallest absolute Gasteiger partial charge is 0.272 e. The molecule has 3 rings (SSSR count). The summed E-state index contributed by atoms with van der Waals surface area (Å²) in [5, 5.41) is 4.70. The van der Waals surface area contributed by atoms with E-state index in [0.717, 1.165) is 49.4 Å². The fourth-order valence-electron chi connectivity index (χ4n) is 3.37. The monoisotopic (exact) mass is 357 g/mol. The number of carbonyl (C=O) groups excluding carboxylic acids is 1. The fraction of sp³-hybridized carbons (Fsp3) is 0.500. The van der Waals surface area contributed by atoms with Crippen LogP contribution in [0.1, 0.15) is 43.1 Å². The van der Waals surface area contributed by atoms with Crippen LogP contribution in [0.25, 0.3) is 11.3 Å². The first kappa shape index (κ1) is 18.3. The van der Waals surface area contributed by atoms with Gasteiger partial charge in [-0.3, -0.25) is 9.48 Å². The van der Waals surface area contributed by atoms with Crippen molar-refractivity contribution in [2.75, 3.05) is 27.3 Å². The first-order chi connectivity index (χ1) is 12.7. The van der Waals surface area contributed by atoms with E-state index in [2.05, 4.69) is 6.92 Å². The van der Waals surface area contributed by atoms with Gasteiger partial charge in [0.2, 0.25) is 0 Å². The second-order valence-corrected chi connectivity index (χ2v) is 6.56. The Bertz CT molecular complexity index is 764. The molecule has 1 aromatic carbocycles. The Morgan fingerprint density at radius 1 is 1.12 bits per heavy atom. The molecule has 140 valence electrons. The van der Waals surface area contributed by atoms with Gasteiger partial charge in [-0.05, 0) is 43.9 Å². The van der Waals surface area contributed by atoms with Crippen molar-refractivity contribution in [3.05, 3.63) is 30.0 Å². The lowest BCUT2D eigenvalue weighted by molar-refractivity contribution is 0.0711. The number of carbonyl (C=O) groups is 1. The second-order valence-electron chi connectivity index (χ2n) is 6.56. The highest BCUT2D eigenvalue weighted by Gasteiger charge is 2.24. The largest absolute Gasteiger partial charge is 0.497 e. The summed E-state index contributed by atoms with van der Waals surface area (Å²) in [7, 11) is 3.25. The molecule has 0 aliphatic carbocycles. The highest BCUT2D eigenvalue weighted by Crippen LogP contribution is 2.33. The third-order valence-electron chi connectivity index (χ3n) is 4.76. The summed E-state index contributed by atoms with van der Waals surface area (Å²) in [4.78, 5) is 15.0. The molecule has 0 bridgehead atoms. The first-order valence-corrected chi connectivity index (χ1v) is 9.27. The van der Waals surface area contributed by atoms with Crippen molar-refractivity contribution < 1.29 is 14.3 Å². The number of benzene rings is 1. The Morgan fingerprint density at radius 2 is 1.88 bits per heavy atom. The van der Waals surface area contributed by atoms with Crippen molar-refractivity contribution in [1.29, 1.82) is 0 Å². The lowest BCUT2D eigenvalue weighted by Gasteiger charge is -2.26. The maximum Gasteiger partial charge on any atom is 0.272 e. The van der Waals surface area contributed by atoms with Gasteiger partial charge in [-0.15, -0.1) is 0 Å². The fourth-order valence-corrected chi connectivity index (χ4v) is 3.37. The van der Waals surface area contributed by atoms with Gasteiger partial charge in [0.25, 0.3) is 5.91 Å². The summed E-state index contributed by atoms with van der Waals surface area (Å²) >= 11 is 0. The standard InChI is InChI=1S/C20H27N3O3/c1-4-10-23-18(20(24)22-11-6-5-7-12-22)14-17(21-23)16-9-8-15(25-2)13-19(16)26-3/h8-9,13-14H,4-7,10-12H2,1-3H3. The average Bonchev–Trinajstić information content (AvgIpc) is 3.11. The zero-order valence-electron chi connectivity index (χ0n) is 15.8. The van der Waals surface area contributed by atoms with Crippen LogP contribution in [0.4, 0.5) is 0 Å². The summed E-state index contributed by atoms with van der Waals surface area (Å²) in [6, 6.07) is 7.52. The van der Waals surface area contributed by atoms with Gasteiger partial charge in [0.15, 0.2) is 0 Å². The van der Waals surface area contributed by atoms with Crippen molar-refractivity contribution in [1.82, 2.24) is 14.7 Å². The summed E-state index contributed by atoms with van der Waals surface area (Å²) in [5.74, 6) is 1.48. The van der Waals surface area contributed by atoms with Crippen LogP contribution in [0, 0.1) is 0 Å². The van der Waals surface area contributed by atoms with E-state index in [4.69, 9.17) is 14.6 Å². The summed E-state index contributed by atoms with van der Waals surface area (Å²) in [6.07, 6.45) is 4.27. The molecule has 1 aromatic heterocycles. The van der Waals surface area contributed by atoms with Crippen LogP contribution in [-0.2, 0) is 6.54 Å². The zero-order chi connectivity index (χ0) is 18.5. The highest BCUT2D eigenvalue weighted by atomic mass is 16.5. The van der Waals surface area contributed by atoms with Gasteiger partial charge in [0.05, 0.1) is 19.9 Å². The molecule has 0 radical (unpaired) electrons. The van der Waals surface area contributed by atoms with Gasteiger partial charge < -0.3 is 14.4 Å². The lowest BCUT2D eigenvalue weighted by atomic mass is 10.1. The normalized spacial score (nSPS) is 14.3. The van der Waals surface area contributed by atoms with Crippen molar-refractivity contribution >= 4 is 5.91 Å². The number of likely N-dealkylation sites (tertiary alicyclic amines) is 1. The number of aromatic nitrogens is 2. The van der Waals surface area contributed by atoms with E-state index < -0.39 is 0 Å². The van der Waals surface area contributed by atoms with Crippen molar-refractivity contribution in [2.24, 2.45) is 0 Å². The van der Waals surface area contributed by atoms with Crippen LogP contribution in [-0.4, -0.2) is 47.9 Å². The Labute approximate surface area is 154 Å². The highest BCUT2D eigenvalue weighted by molar-refractivity contribution is 5.94. The topological polar surface area (TPSA) is 56.6 Å². The molecule has 0 saturated carbocycles. The molecule has 1 amide bonds. The van der Waals surface area contributed by atoms with Crippen LogP contribution in [0.15, 0.2) is 24.3 Å². The molecule has 0 atom stereocenters. The zero-order valence-corrected chi connectivity index (χ0v) is 15.8. The number of hydrogen-bond acceptors (Lipinski definition) is 4. The molecule has 0 spiro atoms. The molecule has 0 N–H and O–H groups in total. The molecule has 6 heteroatoms. The SMILES string of the molecule is CCCn1nc(-c2ccc(OC)cc2OC)cc1C(=O)N1CCCCC1. The molecule has 1 fully saturated rings. The van der Waals surface area contributed by atoms with Gasteiger partial charge in [-0.25, -0.2) is 0 Å². The minimum Gasteiger partial charge on any atom is -0.497 e. The van der Waals surface area contributed by atoms with E-state index in [9.17, 15) is 4.79 Å². The predicted molar refractivity (Wildman–Crippen MR) is 101 cm³/mol. The number of piperidine rings is 1. The van der Waals surface area contributed by atoms with Gasteiger partial charge in [0, 0.05) is 31.3 Å². The Morgan fingerprint density at radius 3 is 2.54 bits per heavy atom. The molecule has 0 unspecified atom stereocenters. The van der Waals surface area contributed by atoms with Crippen molar-refractivity contribution in [3.63, 3.8) is 0 Å². The van der Waals surface area contributed by atoms with Crippen LogP contribution in [0.2, 0.25) is 0 Å². The number of methoxy groups -OCH3 is 2. The summed E-state index contributed by atoms with van der Waals surface area (Å²) in [5.41, 5.74) is 2.26. The van der Waals surface area contributed by atoms with E-state index in [1.54, 1.807) is 14.2 Å². The van der Waals surface area contributed by atoms with Gasteiger partial charge in [-0.2, -0.15) is 5.10 Å². The molecule has 1 aliphatic rings. The van der Waals surface area contributed by atoms with E-state index >= 15 is 0 Å². The van der Waals surface area contributed by atoms with E-state index in [0.29, 0.717) is 18.0 Å². The number of ether oxygens (including phenoxy) is 2. The minimum absolute atomic E-state index is 0.0735. The van der Waals surface area contributed by atoms with Crippen molar-refractivity contribution in [3.8, 4) is 22.8 Å². The minimum atomic E-state index is 0.0735. The first-order valence-electron chi connectivity index (χ1n) is 9.27. The maximum absolute atomic E-state index is 13.0. The molecular formula is C20H27N3O3. The maximum atomic E-state index is 13.0. The van der Waals surface area contributed by atoms with Gasteiger partial charge in [0.1, 0.15) is 17.2 Å². The van der Waals surface area contributed by atoms with Crippen LogP contribution < -0.4 is 9.47 Å². The lowest BCUT2D eigenvalue weighted by Crippen LogP contribution is -2.36. The molecule has 1 aliphatic heterocycles. The molecular weight excluding hydrogens is 330 g/mol. The van der Waals surface area contributed by atoms with Crippen molar-refractivity contribution in [2.45, 2.75) is 39.2 Å². The Kier molecular flexibility index (Phi) is 5.81. The van der Waals surface area contributed by atoms with E-state index in [-0.39, 0.29) is 5.91 Å². The number of amides is 1. The molecule has 6 nitrogen and oxygen atoms in total. The predicted octanol–water partition coefficient (Wildman–Crippen LogP) is 3.60. The number of rotatable bonds is 6. The van der Waals surface area contributed by atoms with Gasteiger partial charge in [-0.1, -0.05) is 6.92 Å². The number of hydrogen-bond donors (Lipinski definition) is 0. The third kappa shape index (κ3) is 3.69. The second kappa shape index (κ2) is 8.25. The third-order valence-corrected chi connectivity index (χ3v) is 4.76. The van der Waals surface area contributed by atoms with Crippen LogP contribution >= 0.6 is 0 Å². The molecule has 2 heterocycles. The Hall–Kier alpha value is -2.50. The summed E-state index contributed by atoms with van der Waals surface area (Å²) in [6.45, 7) is 4.46. The molecule has 1 saturated heterocycles. The molecule has 2 aromatic rings. The molecule has 26 heavy (non-hydrogen) atoms. The van der Waals surface area contributed by atoms with Gasteiger partial charge >= 0.3 is 0 Å². The van der Waals surface area contributed by atoms with Crippen LogP contribution in [0.3, 0.4) is 0 Å². The average molecular weight is 357 g/mol. The Balaban J connectivity index is 1.98. The summed E-state index contributed by atoms with van der Waals surface area (Å²) < 4.78 is 12.6. The number of nitrogens with zero attached hydrogens (tertiary/aromatic N) is 3. The van der Waals surface area contributed by atoms with Crippen LogP contribution in [0.5, 0.6) is 11.5 Å². The number of aryl methyl sites for hydroxylation is 1. The van der Waals surface area contributed by atoms with E-state index in [1.807, 2.05) is 33.8 Å².